The zero-order valence-corrected chi connectivity index (χ0v) is 6.27. The third-order valence-electron chi connectivity index (χ3n) is 1.92. The van der Waals surface area contributed by atoms with E-state index in [1.54, 1.807) is 0 Å². The summed E-state index contributed by atoms with van der Waals surface area (Å²) in [4.78, 5) is 3.96. The number of allylic oxidation sites excluding steroid dienone is 3. The van der Waals surface area contributed by atoms with Gasteiger partial charge in [0.1, 0.15) is 0 Å². The second-order valence-corrected chi connectivity index (χ2v) is 2.54. The molecule has 0 saturated carbocycles. The van der Waals surface area contributed by atoms with Crippen LogP contribution in [0.1, 0.15) is 25.7 Å². The Balaban J connectivity index is 2.81. The molecule has 0 fully saturated rings. The van der Waals surface area contributed by atoms with Gasteiger partial charge in [-0.3, -0.25) is 4.99 Å². The van der Waals surface area contributed by atoms with Crippen LogP contribution < -0.4 is 0 Å². The summed E-state index contributed by atoms with van der Waals surface area (Å²) in [7, 11) is 0. The lowest BCUT2D eigenvalue weighted by atomic mass is 9.97. The fourth-order valence-electron chi connectivity index (χ4n) is 1.31. The van der Waals surface area contributed by atoms with Crippen molar-refractivity contribution in [1.82, 2.24) is 0 Å². The van der Waals surface area contributed by atoms with Gasteiger partial charge < -0.3 is 0 Å². The van der Waals surface area contributed by atoms with Crippen molar-refractivity contribution in [1.29, 1.82) is 0 Å². The molecule has 0 saturated heterocycles. The molecule has 0 aliphatic heterocycles. The Kier molecular flexibility index (Phi) is 2.43. The van der Waals surface area contributed by atoms with Crippen molar-refractivity contribution in [2.45, 2.75) is 25.7 Å². The van der Waals surface area contributed by atoms with Crippen LogP contribution in [-0.2, 0) is 0 Å². The lowest BCUT2D eigenvalue weighted by Crippen LogP contribution is -1.94. The minimum Gasteiger partial charge on any atom is -0.269 e. The van der Waals surface area contributed by atoms with E-state index in [2.05, 4.69) is 18.3 Å². The Labute approximate surface area is 62.2 Å². The van der Waals surface area contributed by atoms with Crippen molar-refractivity contribution < 1.29 is 0 Å². The van der Waals surface area contributed by atoms with Crippen LogP contribution in [0.4, 0.5) is 0 Å². The van der Waals surface area contributed by atoms with Gasteiger partial charge in [0.2, 0.25) is 0 Å². The molecule has 0 atom stereocenters. The van der Waals surface area contributed by atoms with Crippen LogP contribution in [0, 0.1) is 0 Å². The van der Waals surface area contributed by atoms with Gasteiger partial charge in [0.15, 0.2) is 0 Å². The first-order valence-electron chi connectivity index (χ1n) is 3.69. The van der Waals surface area contributed by atoms with Crippen molar-refractivity contribution in [3.05, 3.63) is 23.9 Å². The van der Waals surface area contributed by atoms with Crippen LogP contribution in [0.25, 0.3) is 0 Å². The zero-order chi connectivity index (χ0) is 7.40. The molecule has 0 aromatic rings. The summed E-state index contributed by atoms with van der Waals surface area (Å²) in [5.41, 5.74) is 2.45. The smallest absolute Gasteiger partial charge is 0.0428 e. The Hall–Kier alpha value is -0.850. The molecular formula is C9H13N. The highest BCUT2D eigenvalue weighted by atomic mass is 14.7. The fraction of sp³-hybridized carbons (Fsp3) is 0.444. The molecule has 0 N–H and O–H groups in total. The van der Waals surface area contributed by atoms with E-state index in [9.17, 15) is 0 Å². The first-order valence-corrected chi connectivity index (χ1v) is 3.69. The first kappa shape index (κ1) is 7.26. The lowest BCUT2D eigenvalue weighted by molar-refractivity contribution is 0.679. The van der Waals surface area contributed by atoms with Crippen LogP contribution >= 0.6 is 0 Å². The van der Waals surface area contributed by atoms with Crippen molar-refractivity contribution >= 4 is 6.72 Å². The van der Waals surface area contributed by atoms with Crippen LogP contribution in [0.5, 0.6) is 0 Å². The van der Waals surface area contributed by atoms with Crippen molar-refractivity contribution in [3.8, 4) is 0 Å². The van der Waals surface area contributed by atoms with E-state index in [1.807, 2.05) is 6.08 Å². The number of rotatable bonds is 2. The monoisotopic (exact) mass is 135 g/mol. The second kappa shape index (κ2) is 3.35. The van der Waals surface area contributed by atoms with Gasteiger partial charge in [-0.05, 0) is 38.0 Å². The molecule has 1 heteroatoms. The van der Waals surface area contributed by atoms with E-state index in [-0.39, 0.29) is 0 Å². The minimum atomic E-state index is 1.09. The van der Waals surface area contributed by atoms with Gasteiger partial charge in [-0.15, -0.1) is 0 Å². The zero-order valence-electron chi connectivity index (χ0n) is 6.27. The van der Waals surface area contributed by atoms with Gasteiger partial charge in [-0.25, -0.2) is 0 Å². The van der Waals surface area contributed by atoms with E-state index in [1.165, 1.54) is 18.4 Å². The molecule has 0 radical (unpaired) electrons. The Morgan fingerprint density at radius 3 is 2.50 bits per heavy atom. The molecule has 0 unspecified atom stereocenters. The summed E-state index contributed by atoms with van der Waals surface area (Å²) >= 11 is 0. The quantitative estimate of drug-likeness (QED) is 0.516. The van der Waals surface area contributed by atoms with E-state index in [0.29, 0.717) is 0 Å². The molecule has 10 heavy (non-hydrogen) atoms. The molecular weight excluding hydrogens is 122 g/mol. The van der Waals surface area contributed by atoms with Crippen LogP contribution in [-0.4, -0.2) is 6.72 Å². The highest BCUT2D eigenvalue weighted by Gasteiger charge is 2.07. The highest BCUT2D eigenvalue weighted by Crippen LogP contribution is 2.25. The SMILES string of the molecule is C=CC1=C(N=C)CCCC1. The predicted octanol–water partition coefficient (Wildman–Crippen LogP) is 2.70. The fourth-order valence-corrected chi connectivity index (χ4v) is 1.31. The summed E-state index contributed by atoms with van der Waals surface area (Å²) in [6.07, 6.45) is 6.66. The van der Waals surface area contributed by atoms with Crippen molar-refractivity contribution in [2.75, 3.05) is 0 Å². The molecule has 1 nitrogen and oxygen atoms in total. The summed E-state index contributed by atoms with van der Waals surface area (Å²) < 4.78 is 0. The van der Waals surface area contributed by atoms with Gasteiger partial charge in [0.25, 0.3) is 0 Å². The molecule has 1 aliphatic rings. The third kappa shape index (κ3) is 1.35. The summed E-state index contributed by atoms with van der Waals surface area (Å²) in [6, 6.07) is 0. The Morgan fingerprint density at radius 2 is 2.00 bits per heavy atom. The van der Waals surface area contributed by atoms with Gasteiger partial charge in [0.05, 0.1) is 0 Å². The van der Waals surface area contributed by atoms with E-state index in [0.717, 1.165) is 18.5 Å². The van der Waals surface area contributed by atoms with Crippen LogP contribution in [0.3, 0.4) is 0 Å². The molecule has 0 spiro atoms. The molecule has 0 aromatic heterocycles. The first-order chi connectivity index (χ1) is 4.88. The van der Waals surface area contributed by atoms with Gasteiger partial charge in [0, 0.05) is 5.70 Å². The minimum absolute atomic E-state index is 1.09. The molecule has 0 amide bonds. The van der Waals surface area contributed by atoms with Crippen molar-refractivity contribution in [3.63, 3.8) is 0 Å². The average Bonchev–Trinajstić information content (AvgIpc) is 2.04. The number of hydrogen-bond acceptors (Lipinski definition) is 1. The Bertz CT molecular complexity index is 157. The normalized spacial score (nSPS) is 18.8. The van der Waals surface area contributed by atoms with E-state index >= 15 is 0 Å². The van der Waals surface area contributed by atoms with E-state index in [4.69, 9.17) is 0 Å². The maximum absolute atomic E-state index is 3.96. The molecule has 0 heterocycles. The summed E-state index contributed by atoms with van der Waals surface area (Å²) in [5.74, 6) is 0. The highest BCUT2D eigenvalue weighted by molar-refractivity contribution is 5.34. The number of aliphatic imine (C=N–C) groups is 1. The predicted molar refractivity (Wildman–Crippen MR) is 45.2 cm³/mol. The van der Waals surface area contributed by atoms with Gasteiger partial charge in [-0.1, -0.05) is 12.7 Å². The van der Waals surface area contributed by atoms with Gasteiger partial charge in [-0.2, -0.15) is 0 Å². The second-order valence-electron chi connectivity index (χ2n) is 2.54. The molecule has 0 bridgehead atoms. The van der Waals surface area contributed by atoms with Gasteiger partial charge >= 0.3 is 0 Å². The number of nitrogens with zero attached hydrogens (tertiary/aromatic N) is 1. The standard InChI is InChI=1S/C9H13N/c1-3-8-6-4-5-7-9(8)10-2/h3H,1-2,4-7H2. The molecule has 0 aromatic carbocycles. The average molecular weight is 135 g/mol. The molecule has 1 rings (SSSR count). The third-order valence-corrected chi connectivity index (χ3v) is 1.92. The maximum Gasteiger partial charge on any atom is 0.0428 e. The maximum atomic E-state index is 3.96. The lowest BCUT2D eigenvalue weighted by Gasteiger charge is -2.13. The summed E-state index contributed by atoms with van der Waals surface area (Å²) in [5, 5.41) is 0. The molecule has 54 valence electrons. The number of hydrogen-bond donors (Lipinski definition) is 0. The Morgan fingerprint density at radius 1 is 1.30 bits per heavy atom. The van der Waals surface area contributed by atoms with E-state index < -0.39 is 0 Å². The van der Waals surface area contributed by atoms with Crippen LogP contribution in [0.15, 0.2) is 28.9 Å². The van der Waals surface area contributed by atoms with Crippen molar-refractivity contribution in [2.24, 2.45) is 4.99 Å². The molecule has 1 aliphatic carbocycles. The summed E-state index contributed by atoms with van der Waals surface area (Å²) in [6.45, 7) is 7.26. The largest absolute Gasteiger partial charge is 0.269 e. The van der Waals surface area contributed by atoms with Crippen LogP contribution in [0.2, 0.25) is 0 Å². The topological polar surface area (TPSA) is 12.4 Å².